The van der Waals surface area contributed by atoms with Crippen LogP contribution in [0.5, 0.6) is 0 Å². The zero-order valence-electron chi connectivity index (χ0n) is 13.0. The third-order valence-electron chi connectivity index (χ3n) is 3.40. The Hall–Kier alpha value is -0.670. The van der Waals surface area contributed by atoms with Crippen LogP contribution in [0.25, 0.3) is 0 Å². The van der Waals surface area contributed by atoms with Gasteiger partial charge in [-0.15, -0.1) is 4.52 Å². The molecule has 0 radical (unpaired) electrons. The Labute approximate surface area is 122 Å². The summed E-state index contributed by atoms with van der Waals surface area (Å²) in [5, 5.41) is 2.70. The van der Waals surface area contributed by atoms with Gasteiger partial charge in [0.15, 0.2) is 0 Å². The van der Waals surface area contributed by atoms with E-state index in [1.165, 1.54) is 26.4 Å². The van der Waals surface area contributed by atoms with Crippen LogP contribution in [-0.4, -0.2) is 24.6 Å². The van der Waals surface area contributed by atoms with Gasteiger partial charge in [-0.1, -0.05) is 32.1 Å². The van der Waals surface area contributed by atoms with Crippen molar-refractivity contribution < 1.29 is 18.6 Å². The number of hydrogen-bond donors (Lipinski definition) is 1. The molecular formula is C14H27NO4P+. The van der Waals surface area contributed by atoms with Crippen molar-refractivity contribution in [2.75, 3.05) is 7.11 Å². The molecule has 6 heteroatoms. The first-order valence-electron chi connectivity index (χ1n) is 7.32. The molecule has 1 saturated carbocycles. The van der Waals surface area contributed by atoms with Crippen LogP contribution >= 0.6 is 8.03 Å². The van der Waals surface area contributed by atoms with Crippen molar-refractivity contribution in [3.63, 3.8) is 0 Å². The van der Waals surface area contributed by atoms with Crippen LogP contribution in [0.2, 0.25) is 0 Å². The van der Waals surface area contributed by atoms with Gasteiger partial charge in [0.25, 0.3) is 5.78 Å². The first kappa shape index (κ1) is 17.4. The highest BCUT2D eigenvalue weighted by molar-refractivity contribution is 7.40. The molecule has 1 amide bonds. The van der Waals surface area contributed by atoms with Crippen LogP contribution in [0.3, 0.4) is 0 Å². The molecule has 0 aromatic heterocycles. The number of amides is 1. The van der Waals surface area contributed by atoms with Crippen LogP contribution in [0.15, 0.2) is 0 Å². The SMILES string of the molecule is CO[P+](=O)[C@H](CC1CCCCC1)NC(=O)OC(C)(C)C. The quantitative estimate of drug-likeness (QED) is 0.773. The maximum Gasteiger partial charge on any atom is 0.533 e. The Kier molecular flexibility index (Phi) is 6.90. The predicted octanol–water partition coefficient (Wildman–Crippen LogP) is 4.20. The molecule has 0 saturated heterocycles. The molecule has 5 nitrogen and oxygen atoms in total. The highest BCUT2D eigenvalue weighted by Gasteiger charge is 2.37. The maximum atomic E-state index is 11.9. The molecule has 2 atom stereocenters. The van der Waals surface area contributed by atoms with Crippen LogP contribution in [-0.2, 0) is 13.8 Å². The van der Waals surface area contributed by atoms with Crippen molar-refractivity contribution in [3.05, 3.63) is 0 Å². The van der Waals surface area contributed by atoms with Gasteiger partial charge >= 0.3 is 14.1 Å². The van der Waals surface area contributed by atoms with Crippen molar-refractivity contribution in [3.8, 4) is 0 Å². The third-order valence-corrected chi connectivity index (χ3v) is 4.61. The van der Waals surface area contributed by atoms with E-state index in [1.807, 2.05) is 0 Å². The van der Waals surface area contributed by atoms with Gasteiger partial charge in [0.05, 0.1) is 7.11 Å². The van der Waals surface area contributed by atoms with E-state index in [0.717, 1.165) is 12.8 Å². The zero-order chi connectivity index (χ0) is 15.2. The standard InChI is InChI=1S/C14H26NO4P/c1-14(2,3)19-13(16)15-12(20(17)18-4)10-11-8-6-5-7-9-11/h11-12H,5-10H2,1-4H3/p+1/t12-/m1/s1. The zero-order valence-corrected chi connectivity index (χ0v) is 13.9. The summed E-state index contributed by atoms with van der Waals surface area (Å²) in [5.41, 5.74) is -0.557. The van der Waals surface area contributed by atoms with Crippen LogP contribution < -0.4 is 5.32 Å². The van der Waals surface area contributed by atoms with Gasteiger partial charge in [-0.3, -0.25) is 5.32 Å². The van der Waals surface area contributed by atoms with E-state index < -0.39 is 25.5 Å². The van der Waals surface area contributed by atoms with Gasteiger partial charge < -0.3 is 4.74 Å². The molecule has 0 bridgehead atoms. The third kappa shape index (κ3) is 6.67. The minimum atomic E-state index is -1.90. The average molecular weight is 304 g/mol. The van der Waals surface area contributed by atoms with E-state index in [2.05, 4.69) is 5.32 Å². The summed E-state index contributed by atoms with van der Waals surface area (Å²) in [6.07, 6.45) is 6.15. The number of rotatable bonds is 5. The van der Waals surface area contributed by atoms with Crippen molar-refractivity contribution in [1.29, 1.82) is 0 Å². The first-order chi connectivity index (χ1) is 9.31. The molecule has 0 heterocycles. The summed E-state index contributed by atoms with van der Waals surface area (Å²) in [4.78, 5) is 11.8. The minimum absolute atomic E-state index is 0.465. The lowest BCUT2D eigenvalue weighted by Gasteiger charge is -2.24. The molecule has 1 aliphatic carbocycles. The molecule has 0 aromatic carbocycles. The van der Waals surface area contributed by atoms with Gasteiger partial charge in [-0.2, -0.15) is 0 Å². The van der Waals surface area contributed by atoms with E-state index in [1.54, 1.807) is 20.8 Å². The topological polar surface area (TPSA) is 64.6 Å². The summed E-state index contributed by atoms with van der Waals surface area (Å²) in [5.74, 6) is 0.0470. The fraction of sp³-hybridized carbons (Fsp3) is 0.929. The minimum Gasteiger partial charge on any atom is -0.444 e. The number of carbonyl (C=O) groups excluding carboxylic acids is 1. The Balaban J connectivity index is 2.55. The Bertz CT molecular complexity index is 335. The molecule has 0 spiro atoms. The molecule has 1 aliphatic rings. The summed E-state index contributed by atoms with van der Waals surface area (Å²) in [6.45, 7) is 5.41. The Morgan fingerprint density at radius 1 is 1.30 bits per heavy atom. The van der Waals surface area contributed by atoms with E-state index >= 15 is 0 Å². The van der Waals surface area contributed by atoms with Crippen molar-refractivity contribution in [1.82, 2.24) is 5.32 Å². The highest BCUT2D eigenvalue weighted by atomic mass is 31.1. The van der Waals surface area contributed by atoms with Crippen LogP contribution in [0.4, 0.5) is 4.79 Å². The smallest absolute Gasteiger partial charge is 0.444 e. The second kappa shape index (κ2) is 7.94. The fourth-order valence-corrected chi connectivity index (χ4v) is 3.44. The Morgan fingerprint density at radius 2 is 1.90 bits per heavy atom. The number of carbonyl (C=O) groups is 1. The lowest BCUT2D eigenvalue weighted by Crippen LogP contribution is -2.38. The van der Waals surface area contributed by atoms with Gasteiger partial charge in [0.1, 0.15) is 5.60 Å². The molecule has 1 N–H and O–H groups in total. The average Bonchev–Trinajstić information content (AvgIpc) is 2.36. The lowest BCUT2D eigenvalue weighted by atomic mass is 9.87. The number of hydrogen-bond acceptors (Lipinski definition) is 4. The molecular weight excluding hydrogens is 277 g/mol. The summed E-state index contributed by atoms with van der Waals surface area (Å²) in [7, 11) is -0.497. The second-order valence-electron chi connectivity index (χ2n) is 6.37. The summed E-state index contributed by atoms with van der Waals surface area (Å²) < 4.78 is 22.1. The number of nitrogens with one attached hydrogen (secondary N) is 1. The fourth-order valence-electron chi connectivity index (χ4n) is 2.51. The second-order valence-corrected chi connectivity index (χ2v) is 7.93. The summed E-state index contributed by atoms with van der Waals surface area (Å²) >= 11 is 0. The van der Waals surface area contributed by atoms with E-state index in [9.17, 15) is 9.36 Å². The lowest BCUT2D eigenvalue weighted by molar-refractivity contribution is 0.0512. The van der Waals surface area contributed by atoms with E-state index in [4.69, 9.17) is 9.26 Å². The van der Waals surface area contributed by atoms with E-state index in [0.29, 0.717) is 12.3 Å². The van der Waals surface area contributed by atoms with E-state index in [-0.39, 0.29) is 0 Å². The largest absolute Gasteiger partial charge is 0.533 e. The molecule has 1 rings (SSSR count). The molecule has 1 unspecified atom stereocenters. The van der Waals surface area contributed by atoms with Crippen molar-refractivity contribution >= 4 is 14.1 Å². The van der Waals surface area contributed by atoms with Gasteiger partial charge in [-0.25, -0.2) is 4.79 Å². The molecule has 0 aromatic rings. The maximum absolute atomic E-state index is 11.9. The van der Waals surface area contributed by atoms with Gasteiger partial charge in [-0.05, 0) is 31.3 Å². The first-order valence-corrected chi connectivity index (χ1v) is 8.56. The normalized spacial score (nSPS) is 19.3. The van der Waals surface area contributed by atoms with Gasteiger partial charge in [0, 0.05) is 6.42 Å². The monoisotopic (exact) mass is 304 g/mol. The molecule has 20 heavy (non-hydrogen) atoms. The van der Waals surface area contributed by atoms with Crippen molar-refractivity contribution in [2.24, 2.45) is 5.92 Å². The van der Waals surface area contributed by atoms with Crippen molar-refractivity contribution in [2.45, 2.75) is 70.7 Å². The van der Waals surface area contributed by atoms with Crippen LogP contribution in [0, 0.1) is 5.92 Å². The Morgan fingerprint density at radius 3 is 2.40 bits per heavy atom. The van der Waals surface area contributed by atoms with Gasteiger partial charge in [0.2, 0.25) is 0 Å². The summed E-state index contributed by atoms with van der Waals surface area (Å²) in [6, 6.07) is 0. The van der Waals surface area contributed by atoms with Crippen LogP contribution in [0.1, 0.15) is 59.3 Å². The highest BCUT2D eigenvalue weighted by Crippen LogP contribution is 2.36. The molecule has 116 valence electrons. The predicted molar refractivity (Wildman–Crippen MR) is 79.0 cm³/mol. The molecule has 0 aliphatic heterocycles. The molecule has 1 fully saturated rings. The number of alkyl carbamates (subject to hydrolysis) is 1. The number of ether oxygens (including phenoxy) is 1.